The zero-order chi connectivity index (χ0) is 19.6. The van der Waals surface area contributed by atoms with Crippen molar-refractivity contribution < 1.29 is 19.0 Å². The molecule has 150 valence electrons. The van der Waals surface area contributed by atoms with E-state index in [2.05, 4.69) is 33.0 Å². The van der Waals surface area contributed by atoms with E-state index in [9.17, 15) is 4.79 Å². The third-order valence-corrected chi connectivity index (χ3v) is 5.52. The number of nitrogens with zero attached hydrogens (tertiary/aromatic N) is 2. The molecule has 0 radical (unpaired) electrons. The summed E-state index contributed by atoms with van der Waals surface area (Å²) in [5.74, 6) is 0.832. The van der Waals surface area contributed by atoms with Gasteiger partial charge in [0.15, 0.2) is 0 Å². The number of fused-ring (bicyclic) bond motifs is 1. The molecule has 3 rings (SSSR count). The van der Waals surface area contributed by atoms with Gasteiger partial charge in [0, 0.05) is 32.7 Å². The van der Waals surface area contributed by atoms with Gasteiger partial charge in [-0.3, -0.25) is 4.90 Å². The minimum Gasteiger partial charge on any atom is -0.496 e. The van der Waals surface area contributed by atoms with Crippen LogP contribution in [-0.4, -0.2) is 67.9 Å². The highest BCUT2D eigenvalue weighted by Crippen LogP contribution is 2.36. The molecule has 1 amide bonds. The molecule has 0 aromatic heterocycles. The maximum absolute atomic E-state index is 12.2. The molecule has 0 aliphatic carbocycles. The Labute approximate surface area is 169 Å². The standard InChI is InChI=1S/C20H29BrN2O4/c1-20(2,3)27-19(24)23-8-6-22(7-9-23)13-18-15-12-17(25-4)16(21)11-14(15)5-10-26-18/h11-12,18H,5-10,13H2,1-4H3. The summed E-state index contributed by atoms with van der Waals surface area (Å²) in [7, 11) is 1.68. The lowest BCUT2D eigenvalue weighted by molar-refractivity contribution is -0.00659. The number of carbonyl (C=O) groups excluding carboxylic acids is 1. The van der Waals surface area contributed by atoms with E-state index < -0.39 is 5.60 Å². The molecule has 0 N–H and O–H groups in total. The van der Waals surface area contributed by atoms with Crippen molar-refractivity contribution in [2.24, 2.45) is 0 Å². The Hall–Kier alpha value is -1.31. The average molecular weight is 441 g/mol. The Balaban J connectivity index is 1.60. The lowest BCUT2D eigenvalue weighted by Crippen LogP contribution is -2.51. The zero-order valence-corrected chi connectivity index (χ0v) is 18.2. The molecule has 1 fully saturated rings. The van der Waals surface area contributed by atoms with Crippen LogP contribution in [0.15, 0.2) is 16.6 Å². The fourth-order valence-corrected chi connectivity index (χ4v) is 4.06. The Bertz CT molecular complexity index is 681. The number of rotatable bonds is 3. The van der Waals surface area contributed by atoms with E-state index in [1.807, 2.05) is 20.8 Å². The number of methoxy groups -OCH3 is 1. The van der Waals surface area contributed by atoms with Gasteiger partial charge in [0.25, 0.3) is 0 Å². The van der Waals surface area contributed by atoms with Crippen LogP contribution in [0.4, 0.5) is 4.79 Å². The summed E-state index contributed by atoms with van der Waals surface area (Å²) in [6.45, 7) is 10.2. The first kappa shape index (κ1) is 20.4. The summed E-state index contributed by atoms with van der Waals surface area (Å²) in [6.07, 6.45) is 0.723. The van der Waals surface area contributed by atoms with Gasteiger partial charge in [0.05, 0.1) is 24.3 Å². The van der Waals surface area contributed by atoms with E-state index >= 15 is 0 Å². The number of hydrogen-bond acceptors (Lipinski definition) is 5. The van der Waals surface area contributed by atoms with Gasteiger partial charge in [0.1, 0.15) is 11.4 Å². The van der Waals surface area contributed by atoms with Crippen molar-refractivity contribution in [3.8, 4) is 5.75 Å². The van der Waals surface area contributed by atoms with E-state index in [-0.39, 0.29) is 12.2 Å². The molecule has 1 unspecified atom stereocenters. The van der Waals surface area contributed by atoms with Crippen LogP contribution in [0.1, 0.15) is 38.0 Å². The second-order valence-corrected chi connectivity index (χ2v) is 8.92. The number of hydrogen-bond donors (Lipinski definition) is 0. The Kier molecular flexibility index (Phi) is 6.33. The molecule has 2 heterocycles. The van der Waals surface area contributed by atoms with Gasteiger partial charge < -0.3 is 19.1 Å². The SMILES string of the molecule is COc1cc2c(cc1Br)CCOC2CN1CCN(C(=O)OC(C)(C)C)CC1. The largest absolute Gasteiger partial charge is 0.496 e. The van der Waals surface area contributed by atoms with Crippen LogP contribution in [-0.2, 0) is 15.9 Å². The van der Waals surface area contributed by atoms with Crippen molar-refractivity contribution in [2.45, 2.75) is 38.9 Å². The molecule has 0 spiro atoms. The quantitative estimate of drug-likeness (QED) is 0.717. The van der Waals surface area contributed by atoms with Crippen LogP contribution in [0.5, 0.6) is 5.75 Å². The van der Waals surface area contributed by atoms with Crippen LogP contribution < -0.4 is 4.74 Å². The topological polar surface area (TPSA) is 51.2 Å². The van der Waals surface area contributed by atoms with Gasteiger partial charge in [-0.25, -0.2) is 4.79 Å². The first-order valence-corrected chi connectivity index (χ1v) is 10.2. The fraction of sp³-hybridized carbons (Fsp3) is 0.650. The van der Waals surface area contributed by atoms with Gasteiger partial charge in [0.2, 0.25) is 0 Å². The maximum Gasteiger partial charge on any atom is 0.410 e. The maximum atomic E-state index is 12.2. The van der Waals surface area contributed by atoms with Gasteiger partial charge in [-0.15, -0.1) is 0 Å². The van der Waals surface area contributed by atoms with Crippen molar-refractivity contribution in [1.29, 1.82) is 0 Å². The van der Waals surface area contributed by atoms with E-state index in [0.717, 1.165) is 42.9 Å². The highest BCUT2D eigenvalue weighted by Gasteiger charge is 2.29. The number of benzene rings is 1. The molecule has 6 nitrogen and oxygen atoms in total. The van der Waals surface area contributed by atoms with Crippen LogP contribution in [0.2, 0.25) is 0 Å². The Morgan fingerprint density at radius 1 is 1.26 bits per heavy atom. The number of amides is 1. The lowest BCUT2D eigenvalue weighted by Gasteiger charge is -2.38. The normalized spacial score (nSPS) is 20.9. The Morgan fingerprint density at radius 3 is 2.59 bits per heavy atom. The molecule has 1 aromatic carbocycles. The first-order valence-electron chi connectivity index (χ1n) is 9.45. The molecule has 1 saturated heterocycles. The summed E-state index contributed by atoms with van der Waals surface area (Å²) < 4.78 is 18.0. The molecule has 2 aliphatic rings. The molecule has 7 heteroatoms. The van der Waals surface area contributed by atoms with Crippen molar-refractivity contribution >= 4 is 22.0 Å². The number of piperazine rings is 1. The summed E-state index contributed by atoms with van der Waals surface area (Å²) in [6, 6.07) is 4.23. The third-order valence-electron chi connectivity index (χ3n) is 4.90. The lowest BCUT2D eigenvalue weighted by atomic mass is 9.96. The highest BCUT2D eigenvalue weighted by molar-refractivity contribution is 9.10. The number of halogens is 1. The predicted molar refractivity (Wildman–Crippen MR) is 107 cm³/mol. The molecular formula is C20H29BrN2O4. The molecule has 1 aromatic rings. The molecule has 0 saturated carbocycles. The van der Waals surface area contributed by atoms with Gasteiger partial charge in [-0.1, -0.05) is 0 Å². The average Bonchev–Trinajstić information content (AvgIpc) is 2.60. The second-order valence-electron chi connectivity index (χ2n) is 8.06. The molecule has 2 aliphatic heterocycles. The van der Waals surface area contributed by atoms with E-state index in [4.69, 9.17) is 14.2 Å². The molecule has 0 bridgehead atoms. The van der Waals surface area contributed by atoms with Gasteiger partial charge in [-0.05, 0) is 66.4 Å². The van der Waals surface area contributed by atoms with Crippen LogP contribution >= 0.6 is 15.9 Å². The minimum absolute atomic E-state index is 0.0313. The van der Waals surface area contributed by atoms with Gasteiger partial charge >= 0.3 is 6.09 Å². The second kappa shape index (κ2) is 8.37. The molecule has 1 atom stereocenters. The van der Waals surface area contributed by atoms with E-state index in [1.54, 1.807) is 12.0 Å². The fourth-order valence-electron chi connectivity index (χ4n) is 3.51. The van der Waals surface area contributed by atoms with Crippen LogP contribution in [0.3, 0.4) is 0 Å². The monoisotopic (exact) mass is 440 g/mol. The van der Waals surface area contributed by atoms with Crippen molar-refractivity contribution in [1.82, 2.24) is 9.80 Å². The van der Waals surface area contributed by atoms with Crippen molar-refractivity contribution in [3.05, 3.63) is 27.7 Å². The summed E-state index contributed by atoms with van der Waals surface area (Å²) in [5.41, 5.74) is 2.06. The highest BCUT2D eigenvalue weighted by atomic mass is 79.9. The van der Waals surface area contributed by atoms with Crippen LogP contribution in [0.25, 0.3) is 0 Å². The van der Waals surface area contributed by atoms with Crippen molar-refractivity contribution in [3.63, 3.8) is 0 Å². The smallest absolute Gasteiger partial charge is 0.410 e. The summed E-state index contributed by atoms with van der Waals surface area (Å²) in [5, 5.41) is 0. The van der Waals surface area contributed by atoms with Gasteiger partial charge in [-0.2, -0.15) is 0 Å². The summed E-state index contributed by atoms with van der Waals surface area (Å²) in [4.78, 5) is 16.4. The third kappa shape index (κ3) is 5.15. The predicted octanol–water partition coefficient (Wildman–Crippen LogP) is 3.62. The van der Waals surface area contributed by atoms with Crippen LogP contribution in [0, 0.1) is 0 Å². The molecule has 27 heavy (non-hydrogen) atoms. The van der Waals surface area contributed by atoms with E-state index in [1.165, 1.54) is 11.1 Å². The molecular weight excluding hydrogens is 412 g/mol. The number of ether oxygens (including phenoxy) is 3. The van der Waals surface area contributed by atoms with Crippen molar-refractivity contribution in [2.75, 3.05) is 46.4 Å². The first-order chi connectivity index (χ1) is 12.8. The number of carbonyl (C=O) groups is 1. The Morgan fingerprint density at radius 2 is 1.96 bits per heavy atom. The zero-order valence-electron chi connectivity index (χ0n) is 16.6. The minimum atomic E-state index is -0.457. The summed E-state index contributed by atoms with van der Waals surface area (Å²) >= 11 is 3.57. The van der Waals surface area contributed by atoms with E-state index in [0.29, 0.717) is 13.1 Å².